The molecule has 3 fully saturated rings. The van der Waals surface area contributed by atoms with E-state index in [1.54, 1.807) is 44.2 Å². The molecule has 1 aromatic carbocycles. The van der Waals surface area contributed by atoms with Gasteiger partial charge in [0, 0.05) is 32.6 Å². The zero-order valence-corrected chi connectivity index (χ0v) is 26.6. The van der Waals surface area contributed by atoms with Crippen LogP contribution in [0.15, 0.2) is 41.5 Å². The maximum Gasteiger partial charge on any atom is 0.338 e. The Morgan fingerprint density at radius 3 is 2.09 bits per heavy atom. The lowest BCUT2D eigenvalue weighted by molar-refractivity contribution is -0.352. The third kappa shape index (κ3) is 4.88. The van der Waals surface area contributed by atoms with Gasteiger partial charge in [0.05, 0.1) is 35.2 Å². The van der Waals surface area contributed by atoms with Crippen LogP contribution < -0.4 is 0 Å². The standard InChI is InChI=1S/C33H42O12/c1-16-21(37)14-32(30(5,6)40)24(16)25(44-29(39)20-11-9-8-10-12-20)27(38)31(7)22(42-17(2)34)13-23-33(15-41-23,45-19(4)36)26(31)28(32)43-18(3)35/h8-12,21-23,25-28,37-38,40H,13-15H2,1-7H3/t21-,22-,23+,25+,26-,27-,28-,31+,32+,33-/m0/s1. The number of hydrogen-bond acceptors (Lipinski definition) is 12. The lowest BCUT2D eigenvalue weighted by Crippen LogP contribution is -2.79. The van der Waals surface area contributed by atoms with Gasteiger partial charge in [0.2, 0.25) is 0 Å². The number of aliphatic hydroxyl groups excluding tert-OH is 2. The SMILES string of the molecule is CC(=O)O[C@H]1C[C@H]2OC[C@@]2(OC(C)=O)[C@H]2[C@H](OC(C)=O)[C@@]3(C(C)(C)O)C[C@H](O)C(C)=C3[C@@H](OC(=O)c3ccccc3)[C@H](O)[C@]12C. The van der Waals surface area contributed by atoms with Crippen LogP contribution in [0.4, 0.5) is 0 Å². The van der Waals surface area contributed by atoms with Gasteiger partial charge in [0.15, 0.2) is 11.7 Å². The summed E-state index contributed by atoms with van der Waals surface area (Å²) in [6.07, 6.45) is -7.94. The molecular weight excluding hydrogens is 588 g/mol. The number of aliphatic hydroxyl groups is 3. The zero-order chi connectivity index (χ0) is 33.3. The minimum Gasteiger partial charge on any atom is -0.462 e. The first-order valence-electron chi connectivity index (χ1n) is 15.1. The molecule has 0 aromatic heterocycles. The van der Waals surface area contributed by atoms with Gasteiger partial charge in [-0.15, -0.1) is 0 Å². The number of fused-ring (bicyclic) bond motifs is 4. The maximum atomic E-state index is 13.7. The third-order valence-electron chi connectivity index (χ3n) is 10.6. The second kappa shape index (κ2) is 11.2. The lowest BCUT2D eigenvalue weighted by Gasteiger charge is -2.65. The highest BCUT2D eigenvalue weighted by atomic mass is 16.6. The molecule has 1 aromatic rings. The second-order valence-corrected chi connectivity index (χ2v) is 13.5. The first kappa shape index (κ1) is 33.1. The Bertz CT molecular complexity index is 1410. The number of carbonyl (C=O) groups is 4. The summed E-state index contributed by atoms with van der Waals surface area (Å²) < 4.78 is 30.1. The van der Waals surface area contributed by atoms with Crippen molar-refractivity contribution in [2.45, 2.75) is 109 Å². The molecule has 1 heterocycles. The Morgan fingerprint density at radius 2 is 1.58 bits per heavy atom. The van der Waals surface area contributed by atoms with Crippen LogP contribution in [-0.2, 0) is 38.1 Å². The van der Waals surface area contributed by atoms with Crippen molar-refractivity contribution < 1.29 is 58.2 Å². The lowest BCUT2D eigenvalue weighted by atomic mass is 9.49. The summed E-state index contributed by atoms with van der Waals surface area (Å²) in [4.78, 5) is 51.9. The van der Waals surface area contributed by atoms with Gasteiger partial charge in [0.1, 0.15) is 24.4 Å². The van der Waals surface area contributed by atoms with Crippen molar-refractivity contribution in [2.75, 3.05) is 6.61 Å². The van der Waals surface area contributed by atoms with Gasteiger partial charge in [-0.25, -0.2) is 4.79 Å². The Hall–Kier alpha value is -3.32. The van der Waals surface area contributed by atoms with Crippen LogP contribution in [0.5, 0.6) is 0 Å². The summed E-state index contributed by atoms with van der Waals surface area (Å²) in [5.41, 5.74) is -5.97. The minimum absolute atomic E-state index is 0.000758. The van der Waals surface area contributed by atoms with Crippen molar-refractivity contribution in [1.82, 2.24) is 0 Å². The number of benzene rings is 1. The van der Waals surface area contributed by atoms with Crippen molar-refractivity contribution in [3.8, 4) is 0 Å². The fourth-order valence-corrected chi connectivity index (χ4v) is 8.63. The fraction of sp³-hybridized carbons (Fsp3) is 0.636. The molecule has 4 aliphatic rings. The summed E-state index contributed by atoms with van der Waals surface area (Å²) >= 11 is 0. The molecule has 12 nitrogen and oxygen atoms in total. The predicted octanol–water partition coefficient (Wildman–Crippen LogP) is 2.02. The first-order chi connectivity index (χ1) is 20.9. The van der Waals surface area contributed by atoms with Crippen LogP contribution in [0, 0.1) is 16.7 Å². The van der Waals surface area contributed by atoms with Crippen LogP contribution >= 0.6 is 0 Å². The molecule has 45 heavy (non-hydrogen) atoms. The topological polar surface area (TPSA) is 175 Å². The number of esters is 4. The Kier molecular flexibility index (Phi) is 8.21. The first-order valence-corrected chi connectivity index (χ1v) is 15.1. The molecule has 2 saturated carbocycles. The number of hydrogen-bond donors (Lipinski definition) is 3. The van der Waals surface area contributed by atoms with Crippen molar-refractivity contribution in [3.05, 3.63) is 47.0 Å². The number of rotatable bonds is 6. The Labute approximate surface area is 261 Å². The second-order valence-electron chi connectivity index (χ2n) is 13.5. The van der Waals surface area contributed by atoms with E-state index in [0.29, 0.717) is 5.57 Å². The average molecular weight is 631 g/mol. The fourth-order valence-electron chi connectivity index (χ4n) is 8.63. The normalized spacial score (nSPS) is 38.8. The highest BCUT2D eigenvalue weighted by Crippen LogP contribution is 2.68. The maximum absolute atomic E-state index is 13.7. The van der Waals surface area contributed by atoms with Crippen molar-refractivity contribution in [1.29, 1.82) is 0 Å². The molecule has 0 unspecified atom stereocenters. The zero-order valence-electron chi connectivity index (χ0n) is 26.6. The van der Waals surface area contributed by atoms with Crippen molar-refractivity contribution in [3.63, 3.8) is 0 Å². The molecule has 0 amide bonds. The molecule has 10 atom stereocenters. The van der Waals surface area contributed by atoms with E-state index in [2.05, 4.69) is 0 Å². The summed E-state index contributed by atoms with van der Waals surface area (Å²) in [5.74, 6) is -4.07. The monoisotopic (exact) mass is 630 g/mol. The van der Waals surface area contributed by atoms with Crippen molar-refractivity contribution in [2.24, 2.45) is 16.7 Å². The van der Waals surface area contributed by atoms with Crippen LogP contribution in [0.2, 0.25) is 0 Å². The molecule has 3 N–H and O–H groups in total. The molecule has 3 aliphatic carbocycles. The van der Waals surface area contributed by atoms with Gasteiger partial charge in [-0.2, -0.15) is 0 Å². The molecule has 0 bridgehead atoms. The van der Waals surface area contributed by atoms with E-state index < -0.39 is 88.5 Å². The molecule has 0 radical (unpaired) electrons. The average Bonchev–Trinajstić information content (AvgIpc) is 3.18. The highest BCUT2D eigenvalue weighted by molar-refractivity contribution is 5.89. The minimum atomic E-state index is -1.80. The van der Waals surface area contributed by atoms with E-state index in [9.17, 15) is 34.5 Å². The van der Waals surface area contributed by atoms with Crippen molar-refractivity contribution >= 4 is 23.9 Å². The molecule has 246 valence electrons. The summed E-state index contributed by atoms with van der Waals surface area (Å²) in [6, 6.07) is 8.11. The van der Waals surface area contributed by atoms with E-state index in [1.165, 1.54) is 34.6 Å². The largest absolute Gasteiger partial charge is 0.462 e. The van der Waals surface area contributed by atoms with Crippen LogP contribution in [0.25, 0.3) is 0 Å². The predicted molar refractivity (Wildman–Crippen MR) is 155 cm³/mol. The van der Waals surface area contributed by atoms with Gasteiger partial charge in [-0.3, -0.25) is 14.4 Å². The Balaban J connectivity index is 1.87. The van der Waals surface area contributed by atoms with Crippen LogP contribution in [0.1, 0.15) is 71.7 Å². The molecule has 1 aliphatic heterocycles. The van der Waals surface area contributed by atoms with Crippen LogP contribution in [-0.4, -0.2) is 93.6 Å². The van der Waals surface area contributed by atoms with Gasteiger partial charge < -0.3 is 39.0 Å². The highest BCUT2D eigenvalue weighted by Gasteiger charge is 2.80. The molecule has 1 saturated heterocycles. The van der Waals surface area contributed by atoms with E-state index in [4.69, 9.17) is 23.7 Å². The number of ether oxygens (including phenoxy) is 5. The number of carbonyl (C=O) groups excluding carboxylic acids is 4. The molecule has 0 spiro atoms. The van der Waals surface area contributed by atoms with Gasteiger partial charge in [-0.1, -0.05) is 25.1 Å². The summed E-state index contributed by atoms with van der Waals surface area (Å²) in [6.45, 7) is 9.66. The quantitative estimate of drug-likeness (QED) is 0.237. The van der Waals surface area contributed by atoms with Crippen LogP contribution in [0.3, 0.4) is 0 Å². The van der Waals surface area contributed by atoms with Gasteiger partial charge in [-0.05, 0) is 50.5 Å². The summed E-state index contributed by atoms with van der Waals surface area (Å²) in [5, 5.41) is 36.2. The van der Waals surface area contributed by atoms with E-state index >= 15 is 0 Å². The third-order valence-corrected chi connectivity index (χ3v) is 10.6. The Morgan fingerprint density at radius 1 is 0.956 bits per heavy atom. The van der Waals surface area contributed by atoms with E-state index in [0.717, 1.165) is 0 Å². The summed E-state index contributed by atoms with van der Waals surface area (Å²) in [7, 11) is 0. The molecular formula is C33H42O12. The van der Waals surface area contributed by atoms with E-state index in [1.807, 2.05) is 0 Å². The van der Waals surface area contributed by atoms with Gasteiger partial charge in [0.25, 0.3) is 0 Å². The smallest absolute Gasteiger partial charge is 0.338 e. The van der Waals surface area contributed by atoms with Gasteiger partial charge >= 0.3 is 23.9 Å². The van der Waals surface area contributed by atoms with E-state index in [-0.39, 0.29) is 30.6 Å². The molecule has 5 rings (SSSR count). The molecule has 12 heteroatoms.